The predicted molar refractivity (Wildman–Crippen MR) is 113 cm³/mol. The molecule has 0 aliphatic carbocycles. The van der Waals surface area contributed by atoms with E-state index in [1.54, 1.807) is 17.5 Å². The smallest absolute Gasteiger partial charge is 0.252 e. The van der Waals surface area contributed by atoms with Gasteiger partial charge in [0.1, 0.15) is 5.76 Å². The van der Waals surface area contributed by atoms with Crippen LogP contribution in [0.4, 0.5) is 0 Å². The molecule has 3 aromatic heterocycles. The van der Waals surface area contributed by atoms with E-state index in [-0.39, 0.29) is 11.9 Å². The molecule has 29 heavy (non-hydrogen) atoms. The SMILES string of the molecule is CCC(NC(=O)c1csc2c1CCN(Cc1c(C)noc1C)C2)c1cccnc1. The second-order valence-corrected chi connectivity index (χ2v) is 8.50. The molecule has 1 unspecified atom stereocenters. The van der Waals surface area contributed by atoms with Crippen LogP contribution in [0.15, 0.2) is 34.4 Å². The summed E-state index contributed by atoms with van der Waals surface area (Å²) in [6.45, 7) is 8.64. The van der Waals surface area contributed by atoms with Gasteiger partial charge in [0.25, 0.3) is 5.91 Å². The summed E-state index contributed by atoms with van der Waals surface area (Å²) in [5, 5.41) is 9.26. The molecule has 0 saturated heterocycles. The number of hydrogen-bond donors (Lipinski definition) is 1. The summed E-state index contributed by atoms with van der Waals surface area (Å²) in [7, 11) is 0. The largest absolute Gasteiger partial charge is 0.361 e. The normalized spacial score (nSPS) is 15.1. The zero-order chi connectivity index (χ0) is 20.4. The first-order valence-electron chi connectivity index (χ1n) is 10.0. The fourth-order valence-electron chi connectivity index (χ4n) is 3.90. The lowest BCUT2D eigenvalue weighted by Crippen LogP contribution is -2.32. The molecule has 1 N–H and O–H groups in total. The number of thiophene rings is 1. The maximum atomic E-state index is 13.0. The number of aromatic nitrogens is 2. The van der Waals surface area contributed by atoms with E-state index in [1.807, 2.05) is 37.6 Å². The van der Waals surface area contributed by atoms with Crippen LogP contribution in [0.25, 0.3) is 0 Å². The van der Waals surface area contributed by atoms with Gasteiger partial charge in [-0.3, -0.25) is 14.7 Å². The van der Waals surface area contributed by atoms with E-state index in [0.717, 1.165) is 55.1 Å². The van der Waals surface area contributed by atoms with Crippen molar-refractivity contribution in [2.24, 2.45) is 0 Å². The van der Waals surface area contributed by atoms with Crippen LogP contribution in [0, 0.1) is 13.8 Å². The lowest BCUT2D eigenvalue weighted by Gasteiger charge is -2.27. The predicted octanol–water partition coefficient (Wildman–Crippen LogP) is 4.19. The van der Waals surface area contributed by atoms with Gasteiger partial charge in [-0.25, -0.2) is 0 Å². The molecule has 0 fully saturated rings. The minimum Gasteiger partial charge on any atom is -0.361 e. The van der Waals surface area contributed by atoms with Crippen molar-refractivity contribution in [3.63, 3.8) is 0 Å². The highest BCUT2D eigenvalue weighted by Crippen LogP contribution is 2.30. The number of carbonyl (C=O) groups excluding carboxylic acids is 1. The number of nitrogens with zero attached hydrogens (tertiary/aromatic N) is 3. The number of amides is 1. The van der Waals surface area contributed by atoms with Gasteiger partial charge in [0.15, 0.2) is 0 Å². The fraction of sp³-hybridized carbons (Fsp3) is 0.409. The van der Waals surface area contributed by atoms with E-state index in [2.05, 4.69) is 27.3 Å². The Morgan fingerprint density at radius 3 is 2.97 bits per heavy atom. The molecule has 4 rings (SSSR count). The molecule has 0 saturated carbocycles. The molecule has 0 bridgehead atoms. The van der Waals surface area contributed by atoms with Gasteiger partial charge in [-0.05, 0) is 43.9 Å². The number of carbonyl (C=O) groups is 1. The second kappa shape index (κ2) is 8.47. The summed E-state index contributed by atoms with van der Waals surface area (Å²) in [5.74, 6) is 0.901. The van der Waals surface area contributed by atoms with Gasteiger partial charge in [0.2, 0.25) is 0 Å². The minimum atomic E-state index is -0.0219. The summed E-state index contributed by atoms with van der Waals surface area (Å²) in [4.78, 5) is 20.8. The number of nitrogens with one attached hydrogen (secondary N) is 1. The highest BCUT2D eigenvalue weighted by molar-refractivity contribution is 7.10. The zero-order valence-corrected chi connectivity index (χ0v) is 17.9. The van der Waals surface area contributed by atoms with Crippen LogP contribution < -0.4 is 5.32 Å². The Morgan fingerprint density at radius 2 is 2.28 bits per heavy atom. The fourth-order valence-corrected chi connectivity index (χ4v) is 5.02. The van der Waals surface area contributed by atoms with E-state index in [1.165, 1.54) is 16.0 Å². The average molecular weight is 411 g/mol. The Hall–Kier alpha value is -2.51. The van der Waals surface area contributed by atoms with Crippen LogP contribution in [0.2, 0.25) is 0 Å². The van der Waals surface area contributed by atoms with E-state index in [9.17, 15) is 4.79 Å². The van der Waals surface area contributed by atoms with Crippen molar-refractivity contribution in [2.45, 2.75) is 52.7 Å². The molecule has 3 aromatic rings. The van der Waals surface area contributed by atoms with Crippen LogP contribution in [-0.2, 0) is 19.5 Å². The van der Waals surface area contributed by atoms with Crippen molar-refractivity contribution >= 4 is 17.2 Å². The third-order valence-corrected chi connectivity index (χ3v) is 6.65. The number of rotatable bonds is 6. The van der Waals surface area contributed by atoms with Crippen molar-refractivity contribution in [1.29, 1.82) is 0 Å². The Balaban J connectivity index is 1.45. The molecule has 152 valence electrons. The topological polar surface area (TPSA) is 71.3 Å². The van der Waals surface area contributed by atoms with Gasteiger partial charge in [0, 0.05) is 47.8 Å². The van der Waals surface area contributed by atoms with E-state index < -0.39 is 0 Å². The number of fused-ring (bicyclic) bond motifs is 1. The first kappa shape index (κ1) is 19.8. The molecule has 7 heteroatoms. The highest BCUT2D eigenvalue weighted by atomic mass is 32.1. The van der Waals surface area contributed by atoms with Crippen LogP contribution in [0.3, 0.4) is 0 Å². The number of aryl methyl sites for hydroxylation is 2. The van der Waals surface area contributed by atoms with Gasteiger partial charge in [-0.2, -0.15) is 0 Å². The second-order valence-electron chi connectivity index (χ2n) is 7.54. The molecule has 1 aliphatic heterocycles. The molecule has 1 aliphatic rings. The third-order valence-electron chi connectivity index (χ3n) is 5.63. The van der Waals surface area contributed by atoms with E-state index in [0.29, 0.717) is 0 Å². The van der Waals surface area contributed by atoms with Crippen molar-refractivity contribution in [1.82, 2.24) is 20.4 Å². The molecular weight excluding hydrogens is 384 g/mol. The van der Waals surface area contributed by atoms with Gasteiger partial charge < -0.3 is 9.84 Å². The maximum absolute atomic E-state index is 13.0. The van der Waals surface area contributed by atoms with Crippen LogP contribution in [0.5, 0.6) is 0 Å². The summed E-state index contributed by atoms with van der Waals surface area (Å²) in [6, 6.07) is 3.90. The standard InChI is InChI=1S/C22H26N4O2S/c1-4-20(16-6-5-8-23-10-16)24-22(27)19-13-29-21-12-26(9-7-17(19)21)11-18-14(2)25-28-15(18)3/h5-6,8,10,13,20H,4,7,9,11-12H2,1-3H3,(H,24,27). The molecule has 6 nitrogen and oxygen atoms in total. The molecular formula is C22H26N4O2S. The minimum absolute atomic E-state index is 0.0115. The van der Waals surface area contributed by atoms with Crippen LogP contribution in [0.1, 0.15) is 62.8 Å². The Morgan fingerprint density at radius 1 is 1.41 bits per heavy atom. The summed E-state index contributed by atoms with van der Waals surface area (Å²) in [6.07, 6.45) is 5.29. The molecule has 0 aromatic carbocycles. The van der Waals surface area contributed by atoms with E-state index in [4.69, 9.17) is 4.52 Å². The van der Waals surface area contributed by atoms with Gasteiger partial charge >= 0.3 is 0 Å². The van der Waals surface area contributed by atoms with Gasteiger partial charge in [-0.15, -0.1) is 11.3 Å². The highest BCUT2D eigenvalue weighted by Gasteiger charge is 2.26. The summed E-state index contributed by atoms with van der Waals surface area (Å²) < 4.78 is 5.29. The average Bonchev–Trinajstić information content (AvgIpc) is 3.30. The monoisotopic (exact) mass is 410 g/mol. The zero-order valence-electron chi connectivity index (χ0n) is 17.1. The Kier molecular flexibility index (Phi) is 5.78. The van der Waals surface area contributed by atoms with Crippen LogP contribution >= 0.6 is 11.3 Å². The first-order chi connectivity index (χ1) is 14.1. The quantitative estimate of drug-likeness (QED) is 0.660. The van der Waals surface area contributed by atoms with Crippen molar-refractivity contribution < 1.29 is 9.32 Å². The van der Waals surface area contributed by atoms with E-state index >= 15 is 0 Å². The molecule has 4 heterocycles. The van der Waals surface area contributed by atoms with Gasteiger partial charge in [-0.1, -0.05) is 18.1 Å². The lowest BCUT2D eigenvalue weighted by molar-refractivity contribution is 0.0934. The van der Waals surface area contributed by atoms with Crippen LogP contribution in [-0.4, -0.2) is 27.5 Å². The molecule has 1 atom stereocenters. The van der Waals surface area contributed by atoms with Gasteiger partial charge in [0.05, 0.1) is 17.3 Å². The van der Waals surface area contributed by atoms with Crippen molar-refractivity contribution in [3.05, 3.63) is 68.5 Å². The number of pyridine rings is 1. The summed E-state index contributed by atoms with van der Waals surface area (Å²) >= 11 is 1.68. The Labute approximate surface area is 174 Å². The first-order valence-corrected chi connectivity index (χ1v) is 10.9. The lowest BCUT2D eigenvalue weighted by atomic mass is 10.0. The Bertz CT molecular complexity index is 976. The molecule has 1 amide bonds. The van der Waals surface area contributed by atoms with Crippen molar-refractivity contribution in [3.8, 4) is 0 Å². The molecule has 0 radical (unpaired) electrons. The third kappa shape index (κ3) is 4.11. The molecule has 0 spiro atoms. The van der Waals surface area contributed by atoms with Crippen molar-refractivity contribution in [2.75, 3.05) is 6.54 Å². The number of hydrogen-bond acceptors (Lipinski definition) is 6. The maximum Gasteiger partial charge on any atom is 0.252 e. The summed E-state index contributed by atoms with van der Waals surface area (Å²) in [5.41, 5.74) is 5.19.